The first-order valence-corrected chi connectivity index (χ1v) is 8.37. The van der Waals surface area contributed by atoms with Crippen LogP contribution in [-0.2, 0) is 24.1 Å². The third-order valence-electron chi connectivity index (χ3n) is 4.24. The summed E-state index contributed by atoms with van der Waals surface area (Å²) >= 11 is 0. The van der Waals surface area contributed by atoms with E-state index >= 15 is 0 Å². The van der Waals surface area contributed by atoms with Crippen LogP contribution in [0.25, 0.3) is 0 Å². The summed E-state index contributed by atoms with van der Waals surface area (Å²) in [4.78, 5) is 11.9. The Kier molecular flexibility index (Phi) is 5.30. The lowest BCUT2D eigenvalue weighted by molar-refractivity contribution is -0.120. The summed E-state index contributed by atoms with van der Waals surface area (Å²) in [6.45, 7) is 1.05. The highest BCUT2D eigenvalue weighted by Crippen LogP contribution is 2.29. The van der Waals surface area contributed by atoms with E-state index in [0.29, 0.717) is 19.6 Å². The number of benzene rings is 2. The Hall–Kier alpha value is -2.29. The summed E-state index contributed by atoms with van der Waals surface area (Å²) in [5.74, 6) is 1.02. The normalized spacial score (nSPS) is 13.2. The molecule has 0 radical (unpaired) electrons. The van der Waals surface area contributed by atoms with Gasteiger partial charge in [-0.25, -0.2) is 0 Å². The van der Waals surface area contributed by atoms with Crippen molar-refractivity contribution in [3.8, 4) is 5.75 Å². The van der Waals surface area contributed by atoms with Gasteiger partial charge in [0.15, 0.2) is 0 Å². The Morgan fingerprint density at radius 1 is 1.00 bits per heavy atom. The van der Waals surface area contributed by atoms with Crippen molar-refractivity contribution in [1.29, 1.82) is 0 Å². The highest BCUT2D eigenvalue weighted by Gasteiger charge is 2.13. The van der Waals surface area contributed by atoms with Gasteiger partial charge in [-0.1, -0.05) is 42.5 Å². The predicted octanol–water partition coefficient (Wildman–Crippen LogP) is 3.30. The molecular formula is C20H23NO2. The van der Waals surface area contributed by atoms with Gasteiger partial charge in [0.25, 0.3) is 0 Å². The zero-order chi connectivity index (χ0) is 15.9. The number of amides is 1. The molecule has 2 aromatic rings. The first-order valence-electron chi connectivity index (χ1n) is 8.37. The van der Waals surface area contributed by atoms with E-state index in [1.807, 2.05) is 36.4 Å². The van der Waals surface area contributed by atoms with E-state index in [4.69, 9.17) is 4.74 Å². The van der Waals surface area contributed by atoms with Crippen molar-refractivity contribution < 1.29 is 9.53 Å². The average molecular weight is 309 g/mol. The standard InChI is InChI=1S/C20H23NO2/c22-20(15-16-7-2-1-3-8-16)21-13-14-23-19-12-6-10-17-9-4-5-11-18(17)19/h1-3,6-8,10,12H,4-5,9,11,13-15H2,(H,21,22). The fourth-order valence-corrected chi connectivity index (χ4v) is 3.08. The Labute approximate surface area is 137 Å². The van der Waals surface area contributed by atoms with Crippen LogP contribution in [0.2, 0.25) is 0 Å². The van der Waals surface area contributed by atoms with Gasteiger partial charge in [-0.3, -0.25) is 4.79 Å². The van der Waals surface area contributed by atoms with E-state index < -0.39 is 0 Å². The zero-order valence-corrected chi connectivity index (χ0v) is 13.4. The number of carbonyl (C=O) groups excluding carboxylic acids is 1. The zero-order valence-electron chi connectivity index (χ0n) is 13.4. The van der Waals surface area contributed by atoms with Gasteiger partial charge in [-0.2, -0.15) is 0 Å². The van der Waals surface area contributed by atoms with E-state index in [0.717, 1.165) is 24.2 Å². The second-order valence-corrected chi connectivity index (χ2v) is 5.96. The molecule has 120 valence electrons. The minimum atomic E-state index is 0.0369. The Bertz CT molecular complexity index is 652. The van der Waals surface area contributed by atoms with Gasteiger partial charge in [-0.15, -0.1) is 0 Å². The van der Waals surface area contributed by atoms with Crippen LogP contribution in [0, 0.1) is 0 Å². The molecule has 0 saturated carbocycles. The number of carbonyl (C=O) groups is 1. The van der Waals surface area contributed by atoms with Crippen molar-refractivity contribution in [2.75, 3.05) is 13.2 Å². The van der Waals surface area contributed by atoms with E-state index in [9.17, 15) is 4.79 Å². The molecule has 2 aromatic carbocycles. The quantitative estimate of drug-likeness (QED) is 0.832. The number of hydrogen-bond acceptors (Lipinski definition) is 2. The molecule has 0 fully saturated rings. The van der Waals surface area contributed by atoms with Gasteiger partial charge in [0.1, 0.15) is 12.4 Å². The number of aryl methyl sites for hydroxylation is 1. The van der Waals surface area contributed by atoms with Gasteiger partial charge in [-0.05, 0) is 48.4 Å². The maximum absolute atomic E-state index is 11.9. The van der Waals surface area contributed by atoms with Crippen molar-refractivity contribution in [2.45, 2.75) is 32.1 Å². The van der Waals surface area contributed by atoms with Crippen molar-refractivity contribution in [3.05, 3.63) is 65.2 Å². The van der Waals surface area contributed by atoms with Gasteiger partial charge in [0.2, 0.25) is 5.91 Å². The highest BCUT2D eigenvalue weighted by atomic mass is 16.5. The van der Waals surface area contributed by atoms with Crippen LogP contribution in [0.4, 0.5) is 0 Å². The fraction of sp³-hybridized carbons (Fsp3) is 0.350. The van der Waals surface area contributed by atoms with Crippen molar-refractivity contribution >= 4 is 5.91 Å². The van der Waals surface area contributed by atoms with Crippen molar-refractivity contribution in [2.24, 2.45) is 0 Å². The molecule has 0 spiro atoms. The Morgan fingerprint density at radius 3 is 2.70 bits per heavy atom. The van der Waals surface area contributed by atoms with Gasteiger partial charge >= 0.3 is 0 Å². The molecule has 1 aliphatic carbocycles. The lowest BCUT2D eigenvalue weighted by Gasteiger charge is -2.19. The molecule has 0 heterocycles. The molecule has 3 heteroatoms. The predicted molar refractivity (Wildman–Crippen MR) is 91.7 cm³/mol. The molecule has 0 aromatic heterocycles. The molecule has 0 bridgehead atoms. The van der Waals surface area contributed by atoms with Gasteiger partial charge < -0.3 is 10.1 Å². The number of ether oxygens (including phenoxy) is 1. The van der Waals surface area contributed by atoms with Crippen molar-refractivity contribution in [1.82, 2.24) is 5.32 Å². The molecule has 3 rings (SSSR count). The second kappa shape index (κ2) is 7.82. The second-order valence-electron chi connectivity index (χ2n) is 5.96. The molecule has 23 heavy (non-hydrogen) atoms. The molecular weight excluding hydrogens is 286 g/mol. The first kappa shape index (κ1) is 15.6. The van der Waals surface area contributed by atoms with E-state index in [1.54, 1.807) is 0 Å². The van der Waals surface area contributed by atoms with E-state index in [-0.39, 0.29) is 5.91 Å². The number of fused-ring (bicyclic) bond motifs is 1. The maximum Gasteiger partial charge on any atom is 0.224 e. The summed E-state index contributed by atoms with van der Waals surface area (Å²) < 4.78 is 5.89. The number of nitrogens with one attached hydrogen (secondary N) is 1. The summed E-state index contributed by atoms with van der Waals surface area (Å²) in [6, 6.07) is 16.1. The Morgan fingerprint density at radius 2 is 1.83 bits per heavy atom. The third-order valence-corrected chi connectivity index (χ3v) is 4.24. The van der Waals surface area contributed by atoms with Crippen molar-refractivity contribution in [3.63, 3.8) is 0 Å². The highest BCUT2D eigenvalue weighted by molar-refractivity contribution is 5.78. The summed E-state index contributed by atoms with van der Waals surface area (Å²) in [6.07, 6.45) is 5.18. The molecule has 0 aliphatic heterocycles. The first-order chi connectivity index (χ1) is 11.3. The van der Waals surface area contributed by atoms with Crippen LogP contribution in [0.15, 0.2) is 48.5 Å². The van der Waals surface area contributed by atoms with E-state index in [1.165, 1.54) is 24.0 Å². The summed E-state index contributed by atoms with van der Waals surface area (Å²) in [7, 11) is 0. The van der Waals surface area contributed by atoms with Crippen LogP contribution in [0.1, 0.15) is 29.5 Å². The fourth-order valence-electron chi connectivity index (χ4n) is 3.08. The summed E-state index contributed by atoms with van der Waals surface area (Å²) in [5, 5.41) is 2.92. The number of hydrogen-bond donors (Lipinski definition) is 1. The molecule has 0 unspecified atom stereocenters. The monoisotopic (exact) mass is 309 g/mol. The molecule has 1 N–H and O–H groups in total. The minimum absolute atomic E-state index is 0.0369. The largest absolute Gasteiger partial charge is 0.491 e. The summed E-state index contributed by atoms with van der Waals surface area (Å²) in [5.41, 5.74) is 3.80. The van der Waals surface area contributed by atoms with Crippen LogP contribution in [0.3, 0.4) is 0 Å². The minimum Gasteiger partial charge on any atom is -0.491 e. The van der Waals surface area contributed by atoms with Gasteiger partial charge in [0, 0.05) is 0 Å². The smallest absolute Gasteiger partial charge is 0.224 e. The molecule has 1 aliphatic rings. The van der Waals surface area contributed by atoms with E-state index in [2.05, 4.69) is 17.4 Å². The van der Waals surface area contributed by atoms with Crippen LogP contribution >= 0.6 is 0 Å². The van der Waals surface area contributed by atoms with Crippen LogP contribution in [0.5, 0.6) is 5.75 Å². The van der Waals surface area contributed by atoms with Gasteiger partial charge in [0.05, 0.1) is 13.0 Å². The third kappa shape index (κ3) is 4.35. The number of rotatable bonds is 6. The maximum atomic E-state index is 11.9. The molecule has 0 saturated heterocycles. The lowest BCUT2D eigenvalue weighted by atomic mass is 9.91. The topological polar surface area (TPSA) is 38.3 Å². The Balaban J connectivity index is 1.44. The molecule has 1 amide bonds. The van der Waals surface area contributed by atoms with Crippen LogP contribution in [-0.4, -0.2) is 19.1 Å². The SMILES string of the molecule is O=C(Cc1ccccc1)NCCOc1cccc2c1CCCC2. The average Bonchev–Trinajstić information content (AvgIpc) is 2.60. The van der Waals surface area contributed by atoms with Crippen LogP contribution < -0.4 is 10.1 Å². The molecule has 0 atom stereocenters. The molecule has 3 nitrogen and oxygen atoms in total. The lowest BCUT2D eigenvalue weighted by Crippen LogP contribution is -2.29.